The third kappa shape index (κ3) is 2.95. The van der Waals surface area contributed by atoms with Crippen molar-refractivity contribution in [2.24, 2.45) is 0 Å². The molecule has 4 rings (SSSR count). The summed E-state index contributed by atoms with van der Waals surface area (Å²) in [4.78, 5) is 33.5. The van der Waals surface area contributed by atoms with Crippen LogP contribution in [-0.4, -0.2) is 45.7 Å². The molecule has 1 aromatic carbocycles. The van der Waals surface area contributed by atoms with Crippen LogP contribution in [0.15, 0.2) is 29.0 Å². The van der Waals surface area contributed by atoms with Crippen LogP contribution in [0.2, 0.25) is 5.02 Å². The number of hydrogen-bond donors (Lipinski definition) is 1. The summed E-state index contributed by atoms with van der Waals surface area (Å²) in [5.41, 5.74) is -2.30. The predicted molar refractivity (Wildman–Crippen MR) is 96.9 cm³/mol. The Morgan fingerprint density at radius 2 is 1.96 bits per heavy atom. The molecule has 1 saturated carbocycles. The average molecular weight is 476 g/mol. The first-order valence-corrected chi connectivity index (χ1v) is 9.25. The number of fused-ring (bicyclic) bond motifs is 2. The Balaban J connectivity index is 1.61. The van der Waals surface area contributed by atoms with Gasteiger partial charge in [0.2, 0.25) is 11.9 Å². The molecule has 0 radical (unpaired) electrons. The molecule has 2 aliphatic rings. The highest BCUT2D eigenvalue weighted by Crippen LogP contribution is 2.64. The third-order valence-corrected chi connectivity index (χ3v) is 5.66. The molecule has 1 N–H and O–H groups in total. The van der Waals surface area contributed by atoms with Gasteiger partial charge in [-0.3, -0.25) is 14.9 Å². The standard InChI is InChI=1S/C17H11BrClF3N4O2/c18-10-2-1-9-12(13(10)20)16(6-17(16,21)22)7-26(14(9)28)5-11(27)25-15-23-3-8(19)4-24-15/h1-4H,5-7H2,(H,23,24,25,27). The molecule has 1 aromatic heterocycles. The summed E-state index contributed by atoms with van der Waals surface area (Å²) in [5.74, 6) is -5.45. The minimum absolute atomic E-state index is 0.00667. The third-order valence-electron chi connectivity index (χ3n) is 4.86. The van der Waals surface area contributed by atoms with Gasteiger partial charge in [0, 0.05) is 24.1 Å². The second-order valence-electron chi connectivity index (χ2n) is 6.68. The van der Waals surface area contributed by atoms with Gasteiger partial charge in [0.25, 0.3) is 11.8 Å². The van der Waals surface area contributed by atoms with Crippen molar-refractivity contribution in [2.45, 2.75) is 17.8 Å². The topological polar surface area (TPSA) is 75.2 Å². The van der Waals surface area contributed by atoms with Gasteiger partial charge >= 0.3 is 0 Å². The molecule has 11 heteroatoms. The second kappa shape index (κ2) is 6.41. The number of hydrogen-bond acceptors (Lipinski definition) is 4. The van der Waals surface area contributed by atoms with Crippen LogP contribution in [0.1, 0.15) is 22.3 Å². The highest BCUT2D eigenvalue weighted by molar-refractivity contribution is 9.10. The molecule has 1 unspecified atom stereocenters. The molecule has 2 aromatic rings. The Kier molecular flexibility index (Phi) is 4.38. The molecule has 1 atom stereocenters. The van der Waals surface area contributed by atoms with Crippen LogP contribution >= 0.6 is 27.5 Å². The summed E-state index contributed by atoms with van der Waals surface area (Å²) in [5, 5.41) is 2.64. The van der Waals surface area contributed by atoms with E-state index in [2.05, 4.69) is 31.2 Å². The van der Waals surface area contributed by atoms with E-state index in [1.807, 2.05) is 0 Å². The average Bonchev–Trinajstić information content (AvgIpc) is 3.17. The van der Waals surface area contributed by atoms with Crippen LogP contribution in [0.5, 0.6) is 0 Å². The lowest BCUT2D eigenvalue weighted by atomic mass is 9.85. The van der Waals surface area contributed by atoms with Gasteiger partial charge in [0.1, 0.15) is 12.4 Å². The van der Waals surface area contributed by atoms with Crippen molar-refractivity contribution in [1.29, 1.82) is 0 Å². The van der Waals surface area contributed by atoms with Crippen molar-refractivity contribution in [2.75, 3.05) is 18.4 Å². The molecule has 6 nitrogen and oxygen atoms in total. The van der Waals surface area contributed by atoms with Gasteiger partial charge in [-0.05, 0) is 28.1 Å². The zero-order valence-corrected chi connectivity index (χ0v) is 16.3. The van der Waals surface area contributed by atoms with Crippen LogP contribution in [0, 0.1) is 5.82 Å². The molecule has 0 bridgehead atoms. The predicted octanol–water partition coefficient (Wildman–Crippen LogP) is 3.40. The monoisotopic (exact) mass is 474 g/mol. The molecule has 1 spiro atoms. The van der Waals surface area contributed by atoms with Crippen LogP contribution < -0.4 is 5.32 Å². The number of benzene rings is 1. The molecular weight excluding hydrogens is 465 g/mol. The Labute approximate surface area is 170 Å². The summed E-state index contributed by atoms with van der Waals surface area (Å²) >= 11 is 8.64. The lowest BCUT2D eigenvalue weighted by Crippen LogP contribution is -2.49. The van der Waals surface area contributed by atoms with Crippen molar-refractivity contribution in [3.8, 4) is 0 Å². The van der Waals surface area contributed by atoms with Crippen LogP contribution in [0.25, 0.3) is 0 Å². The van der Waals surface area contributed by atoms with Gasteiger partial charge in [-0.1, -0.05) is 11.6 Å². The largest absolute Gasteiger partial charge is 0.328 e. The lowest BCUT2D eigenvalue weighted by Gasteiger charge is -2.34. The number of aromatic nitrogens is 2. The Morgan fingerprint density at radius 3 is 2.57 bits per heavy atom. The van der Waals surface area contributed by atoms with E-state index in [1.54, 1.807) is 0 Å². The fraction of sp³-hybridized carbons (Fsp3) is 0.294. The highest BCUT2D eigenvalue weighted by Gasteiger charge is 2.75. The van der Waals surface area contributed by atoms with Gasteiger partial charge in [-0.15, -0.1) is 0 Å². The summed E-state index contributed by atoms with van der Waals surface area (Å²) in [6, 6.07) is 2.57. The van der Waals surface area contributed by atoms with Crippen LogP contribution in [0.4, 0.5) is 19.1 Å². The Bertz CT molecular complexity index is 1000. The van der Waals surface area contributed by atoms with Gasteiger partial charge in [-0.2, -0.15) is 0 Å². The van der Waals surface area contributed by atoms with E-state index in [-0.39, 0.29) is 26.6 Å². The highest BCUT2D eigenvalue weighted by atomic mass is 79.9. The number of nitrogens with one attached hydrogen (secondary N) is 1. The maximum absolute atomic E-state index is 14.6. The van der Waals surface area contributed by atoms with E-state index in [0.717, 1.165) is 4.90 Å². The summed E-state index contributed by atoms with van der Waals surface area (Å²) < 4.78 is 43.1. The maximum Gasteiger partial charge on any atom is 0.260 e. The molecule has 2 amide bonds. The molecule has 0 saturated heterocycles. The van der Waals surface area contributed by atoms with E-state index in [9.17, 15) is 22.8 Å². The number of carbonyl (C=O) groups excluding carboxylic acids is 2. The number of carbonyl (C=O) groups is 2. The normalized spacial score (nSPS) is 22.2. The maximum atomic E-state index is 14.6. The number of anilines is 1. The van der Waals surface area contributed by atoms with E-state index in [1.165, 1.54) is 24.5 Å². The number of halogens is 5. The first-order valence-electron chi connectivity index (χ1n) is 8.08. The van der Waals surface area contributed by atoms with Crippen LogP contribution in [-0.2, 0) is 10.2 Å². The van der Waals surface area contributed by atoms with Crippen LogP contribution in [0.3, 0.4) is 0 Å². The molecule has 146 valence electrons. The first kappa shape index (κ1) is 19.1. The van der Waals surface area contributed by atoms with E-state index in [4.69, 9.17) is 11.6 Å². The summed E-state index contributed by atoms with van der Waals surface area (Å²) in [6.07, 6.45) is 1.95. The number of nitrogens with zero attached hydrogens (tertiary/aromatic N) is 3. The molecular formula is C17H11BrClF3N4O2. The van der Waals surface area contributed by atoms with E-state index < -0.39 is 48.5 Å². The number of rotatable bonds is 3. The SMILES string of the molecule is O=C(CN1CC2(CC2(F)F)c2c(ccc(Br)c2F)C1=O)Nc1ncc(Cl)cn1. The lowest BCUT2D eigenvalue weighted by molar-refractivity contribution is -0.117. The summed E-state index contributed by atoms with van der Waals surface area (Å²) in [7, 11) is 0. The summed E-state index contributed by atoms with van der Waals surface area (Å²) in [6.45, 7) is -0.964. The minimum Gasteiger partial charge on any atom is -0.328 e. The minimum atomic E-state index is -3.17. The zero-order valence-electron chi connectivity index (χ0n) is 14.0. The first-order chi connectivity index (χ1) is 13.1. The number of alkyl halides is 2. The Hall–Kier alpha value is -2.20. The molecule has 1 fully saturated rings. The van der Waals surface area contributed by atoms with Crippen molar-refractivity contribution < 1.29 is 22.8 Å². The van der Waals surface area contributed by atoms with Gasteiger partial charge in [0.15, 0.2) is 0 Å². The Morgan fingerprint density at radius 1 is 1.32 bits per heavy atom. The fourth-order valence-corrected chi connectivity index (χ4v) is 3.89. The fourth-order valence-electron chi connectivity index (χ4n) is 3.46. The van der Waals surface area contributed by atoms with E-state index in [0.29, 0.717) is 0 Å². The van der Waals surface area contributed by atoms with Crippen molar-refractivity contribution in [1.82, 2.24) is 14.9 Å². The smallest absolute Gasteiger partial charge is 0.260 e. The second-order valence-corrected chi connectivity index (χ2v) is 7.97. The molecule has 2 heterocycles. The van der Waals surface area contributed by atoms with Gasteiger partial charge < -0.3 is 4.90 Å². The zero-order chi connectivity index (χ0) is 20.3. The van der Waals surface area contributed by atoms with Gasteiger partial charge in [-0.25, -0.2) is 23.1 Å². The quantitative estimate of drug-likeness (QED) is 0.738. The van der Waals surface area contributed by atoms with Crippen molar-refractivity contribution in [3.05, 3.63) is 51.0 Å². The van der Waals surface area contributed by atoms with Crippen molar-refractivity contribution in [3.63, 3.8) is 0 Å². The molecule has 1 aliphatic carbocycles. The van der Waals surface area contributed by atoms with E-state index >= 15 is 0 Å². The van der Waals surface area contributed by atoms with Crippen molar-refractivity contribution >= 4 is 45.3 Å². The number of amides is 2. The molecule has 28 heavy (non-hydrogen) atoms. The molecule has 1 aliphatic heterocycles. The van der Waals surface area contributed by atoms with Gasteiger partial charge in [0.05, 0.1) is 27.3 Å².